The summed E-state index contributed by atoms with van der Waals surface area (Å²) in [5, 5.41) is 4.65. The highest BCUT2D eigenvalue weighted by molar-refractivity contribution is 7.18. The Labute approximate surface area is 286 Å². The number of thiophene rings is 2. The second kappa shape index (κ2) is 12.2. The number of benzene rings is 3. The Hall–Kier alpha value is -4.06. The largest absolute Gasteiger partial charge is 0.292 e. The van der Waals surface area contributed by atoms with Gasteiger partial charge in [0.1, 0.15) is 10.0 Å². The Morgan fingerprint density at radius 2 is 1.49 bits per heavy atom. The Bertz CT molecular complexity index is 2030. The van der Waals surface area contributed by atoms with Gasteiger partial charge in [0.25, 0.3) is 0 Å². The first kappa shape index (κ1) is 31.5. The third-order valence-electron chi connectivity index (χ3n) is 9.90. The van der Waals surface area contributed by atoms with Crippen molar-refractivity contribution in [1.29, 1.82) is 0 Å². The number of Topliss-reactive ketones (excluding diaryl/α,β-unsaturated/α-hetero) is 2. The van der Waals surface area contributed by atoms with E-state index < -0.39 is 0 Å². The molecule has 238 valence electrons. The van der Waals surface area contributed by atoms with E-state index in [1.807, 2.05) is 18.2 Å². The smallest absolute Gasteiger partial charge is 0.197 e. The van der Waals surface area contributed by atoms with Crippen LogP contribution >= 0.6 is 22.7 Å². The summed E-state index contributed by atoms with van der Waals surface area (Å²) >= 11 is 3.47. The lowest BCUT2D eigenvalue weighted by Crippen LogP contribution is -2.29. The lowest BCUT2D eigenvalue weighted by atomic mass is 9.74. The van der Waals surface area contributed by atoms with Gasteiger partial charge < -0.3 is 0 Å². The summed E-state index contributed by atoms with van der Waals surface area (Å²) in [4.78, 5) is 30.1. The zero-order valence-electron chi connectivity index (χ0n) is 28.1. The second-order valence-electron chi connectivity index (χ2n) is 13.7. The van der Waals surface area contributed by atoms with Crippen molar-refractivity contribution in [1.82, 2.24) is 0 Å². The number of rotatable bonds is 8. The Morgan fingerprint density at radius 1 is 0.787 bits per heavy atom. The summed E-state index contributed by atoms with van der Waals surface area (Å²) in [6.07, 6.45) is 7.77. The van der Waals surface area contributed by atoms with Crippen LogP contribution in [0.25, 0.3) is 17.2 Å². The van der Waals surface area contributed by atoms with Crippen LogP contribution in [-0.4, -0.2) is 11.6 Å². The predicted octanol–water partition coefficient (Wildman–Crippen LogP) is 12.1. The molecule has 0 saturated heterocycles. The van der Waals surface area contributed by atoms with Gasteiger partial charge >= 0.3 is 0 Å². The van der Waals surface area contributed by atoms with E-state index in [0.29, 0.717) is 11.1 Å². The monoisotopic (exact) mass is 655 g/mol. The van der Waals surface area contributed by atoms with Gasteiger partial charge in [-0.05, 0) is 108 Å². The molecule has 3 heterocycles. The van der Waals surface area contributed by atoms with Crippen LogP contribution in [0.15, 0.2) is 77.7 Å². The fourth-order valence-electron chi connectivity index (χ4n) is 7.57. The van der Waals surface area contributed by atoms with Crippen molar-refractivity contribution in [2.45, 2.75) is 79.1 Å². The van der Waals surface area contributed by atoms with Crippen LogP contribution in [0, 0.1) is 20.8 Å². The molecule has 0 atom stereocenters. The number of ketones is 2. The van der Waals surface area contributed by atoms with Crippen LogP contribution < -0.4 is 4.90 Å². The molecule has 2 aromatic heterocycles. The molecule has 2 aliphatic rings. The molecule has 0 amide bonds. The standard InChI is InChI=1S/C42H41NO2S2/c1-7-8-9-10-13-28-18-19-46-40(28)43-36-17-16-29(37-26(3)20-25(2)21-27(37)4)22-34(36)42(5,6)35-24-30(47-41(35)43)23-33-38(44)31-14-11-12-15-32(31)39(33)45/h11-12,14-24H,7-10,13H2,1-6H3. The predicted molar refractivity (Wildman–Crippen MR) is 200 cm³/mol. The minimum Gasteiger partial charge on any atom is -0.292 e. The van der Waals surface area contributed by atoms with Crippen molar-refractivity contribution in [2.24, 2.45) is 0 Å². The number of fused-ring (bicyclic) bond motifs is 3. The highest BCUT2D eigenvalue weighted by atomic mass is 32.1. The maximum Gasteiger partial charge on any atom is 0.197 e. The lowest BCUT2D eigenvalue weighted by Gasteiger charge is -2.40. The molecular formula is C42H41NO2S2. The average molecular weight is 656 g/mol. The second-order valence-corrected chi connectivity index (χ2v) is 15.6. The molecule has 0 saturated carbocycles. The van der Waals surface area contributed by atoms with E-state index >= 15 is 0 Å². The van der Waals surface area contributed by atoms with Crippen LogP contribution in [0.5, 0.6) is 0 Å². The summed E-state index contributed by atoms with van der Waals surface area (Å²) in [6.45, 7) is 13.5. The first-order valence-corrected chi connectivity index (χ1v) is 18.4. The van der Waals surface area contributed by atoms with E-state index in [1.165, 1.54) is 80.9 Å². The first-order chi connectivity index (χ1) is 22.6. The summed E-state index contributed by atoms with van der Waals surface area (Å²) in [6, 6.07) is 23.2. The lowest BCUT2D eigenvalue weighted by molar-refractivity contribution is 0.0990. The van der Waals surface area contributed by atoms with E-state index in [2.05, 4.69) is 94.3 Å². The molecule has 1 aliphatic carbocycles. The number of anilines is 3. The normalized spacial score (nSPS) is 14.8. The molecule has 47 heavy (non-hydrogen) atoms. The molecule has 5 heteroatoms. The molecule has 0 N–H and O–H groups in total. The first-order valence-electron chi connectivity index (χ1n) is 16.7. The Kier molecular flexibility index (Phi) is 8.18. The van der Waals surface area contributed by atoms with Crippen molar-refractivity contribution >= 4 is 56.0 Å². The maximum atomic E-state index is 13.4. The van der Waals surface area contributed by atoms with Gasteiger partial charge in [-0.2, -0.15) is 0 Å². The van der Waals surface area contributed by atoms with E-state index in [9.17, 15) is 9.59 Å². The van der Waals surface area contributed by atoms with Gasteiger partial charge in [0.2, 0.25) is 0 Å². The summed E-state index contributed by atoms with van der Waals surface area (Å²) < 4.78 is 0. The number of allylic oxidation sites excluding steroid dienone is 1. The minimum absolute atomic E-state index is 0.183. The van der Waals surface area contributed by atoms with Crippen LogP contribution in [0.2, 0.25) is 0 Å². The number of nitrogens with zero attached hydrogens (tertiary/aromatic N) is 1. The van der Waals surface area contributed by atoms with Crippen LogP contribution in [0.4, 0.5) is 15.7 Å². The molecule has 3 aromatic carbocycles. The van der Waals surface area contributed by atoms with Gasteiger partial charge in [-0.25, -0.2) is 0 Å². The topological polar surface area (TPSA) is 37.4 Å². The number of hydrogen-bond donors (Lipinski definition) is 0. The zero-order valence-corrected chi connectivity index (χ0v) is 29.8. The van der Waals surface area contributed by atoms with Crippen molar-refractivity contribution in [3.8, 4) is 11.1 Å². The van der Waals surface area contributed by atoms with Crippen LogP contribution in [0.3, 0.4) is 0 Å². The third kappa shape index (κ3) is 5.34. The quantitative estimate of drug-likeness (QED) is 0.0948. The number of carbonyl (C=O) groups excluding carboxylic acids is 2. The SMILES string of the molecule is CCCCCCc1ccsc1N1c2ccc(-c3c(C)cc(C)cc3C)cc2C(C)(C)c2cc(C=C3C(=O)c4ccccc4C3=O)sc21. The molecule has 0 radical (unpaired) electrons. The van der Waals surface area contributed by atoms with Gasteiger partial charge in [-0.15, -0.1) is 22.7 Å². The summed E-state index contributed by atoms with van der Waals surface area (Å²) in [5.41, 5.74) is 12.4. The Balaban J connectivity index is 1.39. The molecule has 0 spiro atoms. The van der Waals surface area contributed by atoms with E-state index in [4.69, 9.17) is 0 Å². The number of aryl methyl sites for hydroxylation is 4. The van der Waals surface area contributed by atoms with Gasteiger partial charge in [-0.3, -0.25) is 14.5 Å². The number of unbranched alkanes of at least 4 members (excludes halogenated alkanes) is 3. The third-order valence-corrected chi connectivity index (χ3v) is 11.9. The van der Waals surface area contributed by atoms with E-state index in [-0.39, 0.29) is 22.6 Å². The molecule has 7 rings (SSSR count). The van der Waals surface area contributed by atoms with Gasteiger partial charge in [0, 0.05) is 21.4 Å². The molecule has 3 nitrogen and oxygen atoms in total. The highest BCUT2D eigenvalue weighted by Gasteiger charge is 2.40. The van der Waals surface area contributed by atoms with E-state index in [1.54, 1.807) is 34.8 Å². The van der Waals surface area contributed by atoms with Crippen molar-refractivity contribution in [2.75, 3.05) is 4.90 Å². The molecular weight excluding hydrogens is 615 g/mol. The van der Waals surface area contributed by atoms with E-state index in [0.717, 1.165) is 16.3 Å². The number of hydrogen-bond acceptors (Lipinski definition) is 5. The van der Waals surface area contributed by atoms with Crippen molar-refractivity contribution in [3.05, 3.63) is 127 Å². The minimum atomic E-state index is -0.303. The van der Waals surface area contributed by atoms with Crippen molar-refractivity contribution < 1.29 is 9.59 Å². The van der Waals surface area contributed by atoms with Crippen molar-refractivity contribution in [3.63, 3.8) is 0 Å². The van der Waals surface area contributed by atoms with Crippen LogP contribution in [-0.2, 0) is 11.8 Å². The Morgan fingerprint density at radius 3 is 2.17 bits per heavy atom. The van der Waals surface area contributed by atoms with Gasteiger partial charge in [-0.1, -0.05) is 88.1 Å². The summed E-state index contributed by atoms with van der Waals surface area (Å²) in [5.74, 6) is -0.366. The van der Waals surface area contributed by atoms with Crippen LogP contribution in [0.1, 0.15) is 105 Å². The highest BCUT2D eigenvalue weighted by Crippen LogP contribution is 2.57. The fraction of sp³-hybridized carbons (Fsp3) is 0.286. The number of carbonyl (C=O) groups is 2. The molecule has 0 bridgehead atoms. The molecule has 5 aromatic rings. The maximum absolute atomic E-state index is 13.4. The fourth-order valence-corrected chi connectivity index (χ4v) is 9.88. The molecule has 1 aliphatic heterocycles. The summed E-state index contributed by atoms with van der Waals surface area (Å²) in [7, 11) is 0. The zero-order chi connectivity index (χ0) is 33.0. The average Bonchev–Trinajstić information content (AvgIpc) is 3.74. The van der Waals surface area contributed by atoms with Gasteiger partial charge in [0.15, 0.2) is 11.6 Å². The molecule has 0 unspecified atom stereocenters. The molecule has 0 fully saturated rings. The van der Waals surface area contributed by atoms with Gasteiger partial charge in [0.05, 0.1) is 11.3 Å².